The van der Waals surface area contributed by atoms with Gasteiger partial charge in [-0.2, -0.15) is 9.57 Å². The first-order chi connectivity index (χ1) is 11.9. The minimum atomic E-state index is -3.67. The Labute approximate surface area is 148 Å². The predicted octanol–water partition coefficient (Wildman–Crippen LogP) is 0.875. The number of amides is 1. The van der Waals surface area contributed by atoms with Crippen molar-refractivity contribution in [2.75, 3.05) is 19.6 Å². The van der Waals surface area contributed by atoms with Crippen molar-refractivity contribution in [3.05, 3.63) is 29.3 Å². The van der Waals surface area contributed by atoms with Crippen LogP contribution >= 0.6 is 0 Å². The molecular formula is C17H24N4O3S. The topological polar surface area (TPSA) is 116 Å². The highest BCUT2D eigenvalue weighted by atomic mass is 32.2. The van der Waals surface area contributed by atoms with Crippen LogP contribution in [0.2, 0.25) is 0 Å². The average molecular weight is 364 g/mol. The van der Waals surface area contributed by atoms with Crippen molar-refractivity contribution in [2.45, 2.75) is 43.5 Å². The van der Waals surface area contributed by atoms with Crippen LogP contribution in [0, 0.1) is 18.3 Å². The summed E-state index contributed by atoms with van der Waals surface area (Å²) in [6, 6.07) is 6.31. The van der Waals surface area contributed by atoms with E-state index in [-0.39, 0.29) is 36.4 Å². The Morgan fingerprint density at radius 2 is 2.20 bits per heavy atom. The van der Waals surface area contributed by atoms with Crippen molar-refractivity contribution in [1.82, 2.24) is 9.62 Å². The zero-order valence-corrected chi connectivity index (χ0v) is 15.2. The summed E-state index contributed by atoms with van der Waals surface area (Å²) in [7, 11) is -3.67. The Morgan fingerprint density at radius 1 is 1.44 bits per heavy atom. The van der Waals surface area contributed by atoms with Gasteiger partial charge in [-0.25, -0.2) is 8.42 Å². The number of nitrogens with two attached hydrogens (primary N) is 1. The summed E-state index contributed by atoms with van der Waals surface area (Å²) in [5.74, 6) is -0.167. The second-order valence-corrected chi connectivity index (χ2v) is 8.09. The van der Waals surface area contributed by atoms with E-state index in [0.717, 1.165) is 12.8 Å². The molecule has 0 radical (unpaired) electrons. The van der Waals surface area contributed by atoms with Crippen molar-refractivity contribution in [3.8, 4) is 6.07 Å². The summed E-state index contributed by atoms with van der Waals surface area (Å²) >= 11 is 0. The summed E-state index contributed by atoms with van der Waals surface area (Å²) in [4.78, 5) is 11.8. The molecule has 1 heterocycles. The smallest absolute Gasteiger partial charge is 0.243 e. The highest BCUT2D eigenvalue weighted by molar-refractivity contribution is 7.89. The van der Waals surface area contributed by atoms with Gasteiger partial charge in [0.15, 0.2) is 0 Å². The minimum Gasteiger partial charge on any atom is -0.354 e. The third-order valence-corrected chi connectivity index (χ3v) is 6.35. The lowest BCUT2D eigenvalue weighted by atomic mass is 10.1. The number of hydrogen-bond acceptors (Lipinski definition) is 5. The molecule has 1 aromatic rings. The average Bonchev–Trinajstić information content (AvgIpc) is 2.60. The Balaban J connectivity index is 2.21. The fourth-order valence-electron chi connectivity index (χ4n) is 3.00. The maximum absolute atomic E-state index is 13.0. The van der Waals surface area contributed by atoms with Crippen LogP contribution in [0.4, 0.5) is 0 Å². The maximum Gasteiger partial charge on any atom is 0.243 e. The number of rotatable bonds is 6. The standard InChI is InChI=1S/C17H24N4O3S/c1-13-10-16(6-5-14(13)11-19)25(23,24)21-9-3-2-4-15(21)12-20-17(22)7-8-18/h5-6,10,15H,2-4,7-9,12,18H2,1H3,(H,20,22). The zero-order chi connectivity index (χ0) is 18.4. The normalized spacial score (nSPS) is 18.5. The van der Waals surface area contributed by atoms with Crippen molar-refractivity contribution in [2.24, 2.45) is 5.73 Å². The van der Waals surface area contributed by atoms with Gasteiger partial charge in [0, 0.05) is 32.1 Å². The Morgan fingerprint density at radius 3 is 2.84 bits per heavy atom. The number of carbonyl (C=O) groups excluding carboxylic acids is 1. The lowest BCUT2D eigenvalue weighted by Crippen LogP contribution is -2.49. The van der Waals surface area contributed by atoms with Crippen LogP contribution in [-0.4, -0.2) is 44.3 Å². The van der Waals surface area contributed by atoms with E-state index >= 15 is 0 Å². The molecule has 0 aromatic heterocycles. The number of piperidine rings is 1. The van der Waals surface area contributed by atoms with E-state index in [9.17, 15) is 13.2 Å². The predicted molar refractivity (Wildman–Crippen MR) is 94.1 cm³/mol. The molecule has 0 aliphatic carbocycles. The molecule has 7 nitrogen and oxygen atoms in total. The van der Waals surface area contributed by atoms with Crippen LogP contribution in [0.15, 0.2) is 23.1 Å². The number of benzene rings is 1. The van der Waals surface area contributed by atoms with Gasteiger partial charge < -0.3 is 11.1 Å². The SMILES string of the molecule is Cc1cc(S(=O)(=O)N2CCCCC2CNC(=O)CCN)ccc1C#N. The van der Waals surface area contributed by atoms with Gasteiger partial charge in [-0.3, -0.25) is 4.79 Å². The molecule has 136 valence electrons. The number of aryl methyl sites for hydroxylation is 1. The molecule has 8 heteroatoms. The molecule has 1 aliphatic heterocycles. The van der Waals surface area contributed by atoms with Gasteiger partial charge in [0.2, 0.25) is 15.9 Å². The third kappa shape index (κ3) is 4.57. The molecule has 0 bridgehead atoms. The molecule has 1 atom stereocenters. The van der Waals surface area contributed by atoms with E-state index in [1.165, 1.54) is 22.5 Å². The molecule has 0 spiro atoms. The monoisotopic (exact) mass is 364 g/mol. The number of nitrogens with one attached hydrogen (secondary N) is 1. The number of nitriles is 1. The molecule has 1 aromatic carbocycles. The van der Waals surface area contributed by atoms with E-state index in [1.807, 2.05) is 6.07 Å². The number of carbonyl (C=O) groups is 1. The molecule has 1 amide bonds. The van der Waals surface area contributed by atoms with Gasteiger partial charge in [0.1, 0.15) is 0 Å². The van der Waals surface area contributed by atoms with Gasteiger partial charge in [-0.1, -0.05) is 6.42 Å². The van der Waals surface area contributed by atoms with Crippen LogP contribution < -0.4 is 11.1 Å². The second-order valence-electron chi connectivity index (χ2n) is 6.20. The Kier molecular flexibility index (Phi) is 6.53. The zero-order valence-electron chi connectivity index (χ0n) is 14.4. The molecule has 1 saturated heterocycles. The second kappa shape index (κ2) is 8.43. The first-order valence-electron chi connectivity index (χ1n) is 8.39. The van der Waals surface area contributed by atoms with E-state index in [0.29, 0.717) is 24.1 Å². The number of hydrogen-bond donors (Lipinski definition) is 2. The summed E-state index contributed by atoms with van der Waals surface area (Å²) < 4.78 is 27.5. The van der Waals surface area contributed by atoms with Gasteiger partial charge in [0.25, 0.3) is 0 Å². The fourth-order valence-corrected chi connectivity index (χ4v) is 4.78. The molecule has 1 fully saturated rings. The van der Waals surface area contributed by atoms with E-state index < -0.39 is 10.0 Å². The van der Waals surface area contributed by atoms with Crippen molar-refractivity contribution >= 4 is 15.9 Å². The molecule has 25 heavy (non-hydrogen) atoms. The summed E-state index contributed by atoms with van der Waals surface area (Å²) in [6.45, 7) is 2.70. The summed E-state index contributed by atoms with van der Waals surface area (Å²) in [5, 5.41) is 11.8. The fraction of sp³-hybridized carbons (Fsp3) is 0.529. The van der Waals surface area contributed by atoms with Gasteiger partial charge in [-0.15, -0.1) is 0 Å². The highest BCUT2D eigenvalue weighted by Crippen LogP contribution is 2.26. The third-order valence-electron chi connectivity index (χ3n) is 4.40. The van der Waals surface area contributed by atoms with E-state index in [4.69, 9.17) is 11.0 Å². The Bertz CT molecular complexity index is 771. The molecule has 0 saturated carbocycles. The van der Waals surface area contributed by atoms with Crippen LogP contribution in [0.5, 0.6) is 0 Å². The number of sulfonamides is 1. The van der Waals surface area contributed by atoms with Gasteiger partial charge >= 0.3 is 0 Å². The lowest BCUT2D eigenvalue weighted by Gasteiger charge is -2.34. The van der Waals surface area contributed by atoms with Crippen LogP contribution in [0.25, 0.3) is 0 Å². The Hall–Kier alpha value is -1.95. The molecular weight excluding hydrogens is 340 g/mol. The van der Waals surface area contributed by atoms with Gasteiger partial charge in [0.05, 0.1) is 16.5 Å². The first-order valence-corrected chi connectivity index (χ1v) is 9.83. The lowest BCUT2D eigenvalue weighted by molar-refractivity contribution is -0.121. The molecule has 3 N–H and O–H groups in total. The van der Waals surface area contributed by atoms with Crippen LogP contribution in [-0.2, 0) is 14.8 Å². The van der Waals surface area contributed by atoms with Gasteiger partial charge in [-0.05, 0) is 43.5 Å². The highest BCUT2D eigenvalue weighted by Gasteiger charge is 2.33. The largest absolute Gasteiger partial charge is 0.354 e. The molecule has 1 aliphatic rings. The first kappa shape index (κ1) is 19.4. The van der Waals surface area contributed by atoms with Crippen LogP contribution in [0.3, 0.4) is 0 Å². The number of nitrogens with zero attached hydrogens (tertiary/aromatic N) is 2. The molecule has 1 unspecified atom stereocenters. The summed E-state index contributed by atoms with van der Waals surface area (Å²) in [5.41, 5.74) is 6.45. The van der Waals surface area contributed by atoms with Crippen molar-refractivity contribution in [3.63, 3.8) is 0 Å². The van der Waals surface area contributed by atoms with Crippen molar-refractivity contribution in [1.29, 1.82) is 5.26 Å². The maximum atomic E-state index is 13.0. The minimum absolute atomic E-state index is 0.167. The van der Waals surface area contributed by atoms with E-state index in [1.54, 1.807) is 6.92 Å². The van der Waals surface area contributed by atoms with Crippen LogP contribution in [0.1, 0.15) is 36.8 Å². The quantitative estimate of drug-likeness (QED) is 0.777. The molecule has 2 rings (SSSR count). The summed E-state index contributed by atoms with van der Waals surface area (Å²) in [6.07, 6.45) is 2.66. The van der Waals surface area contributed by atoms with E-state index in [2.05, 4.69) is 5.32 Å². The van der Waals surface area contributed by atoms with Crippen molar-refractivity contribution < 1.29 is 13.2 Å².